The van der Waals surface area contributed by atoms with Gasteiger partial charge in [0.1, 0.15) is 12.0 Å². The van der Waals surface area contributed by atoms with Gasteiger partial charge in [0.2, 0.25) is 0 Å². The molecule has 1 fully saturated rings. The first kappa shape index (κ1) is 19.4. The quantitative estimate of drug-likeness (QED) is 0.579. The van der Waals surface area contributed by atoms with Crippen molar-refractivity contribution in [2.24, 2.45) is 0 Å². The molecule has 1 saturated carbocycles. The van der Waals surface area contributed by atoms with Crippen molar-refractivity contribution in [3.8, 4) is 0 Å². The second-order valence-corrected chi connectivity index (χ2v) is 8.87. The topological polar surface area (TPSA) is 49.3 Å². The van der Waals surface area contributed by atoms with Gasteiger partial charge in [0.15, 0.2) is 5.54 Å². The maximum absolute atomic E-state index is 15.6. The first-order chi connectivity index (χ1) is 13.3. The Labute approximate surface area is 174 Å². The van der Waals surface area contributed by atoms with Gasteiger partial charge in [-0.15, -0.1) is 0 Å². The number of carboxylic acid groups (broad SMARTS) is 1. The van der Waals surface area contributed by atoms with E-state index in [4.69, 9.17) is 11.6 Å². The van der Waals surface area contributed by atoms with Gasteiger partial charge < -0.3 is 10.4 Å². The molecule has 2 aliphatic rings. The van der Waals surface area contributed by atoms with Crippen molar-refractivity contribution < 1.29 is 18.7 Å². The summed E-state index contributed by atoms with van der Waals surface area (Å²) in [7, 11) is 0. The summed E-state index contributed by atoms with van der Waals surface area (Å²) >= 11 is 9.58. The molecule has 1 spiro atoms. The molecule has 4 rings (SSSR count). The number of allylic oxidation sites excluding steroid dienone is 1. The third-order valence-electron chi connectivity index (χ3n) is 5.79. The van der Waals surface area contributed by atoms with Gasteiger partial charge in [-0.2, -0.15) is 0 Å². The minimum absolute atomic E-state index is 0.0314. The Morgan fingerprint density at radius 3 is 2.71 bits per heavy atom. The lowest BCUT2D eigenvalue weighted by Gasteiger charge is -2.48. The maximum Gasteiger partial charge on any atom is 0.332 e. The number of anilines is 1. The second-order valence-electron chi connectivity index (χ2n) is 7.33. The lowest BCUT2D eigenvalue weighted by Crippen LogP contribution is -2.62. The normalized spacial score (nSPS) is 31.0. The highest BCUT2D eigenvalue weighted by molar-refractivity contribution is 9.09. The first-order valence-corrected chi connectivity index (χ1v) is 10.1. The van der Waals surface area contributed by atoms with E-state index in [1.807, 2.05) is 0 Å². The van der Waals surface area contributed by atoms with Crippen molar-refractivity contribution in [1.82, 2.24) is 0 Å². The number of hydrogen-bond donors (Lipinski definition) is 2. The van der Waals surface area contributed by atoms with Gasteiger partial charge in [-0.1, -0.05) is 57.9 Å². The zero-order valence-corrected chi connectivity index (χ0v) is 17.0. The summed E-state index contributed by atoms with van der Waals surface area (Å²) in [5, 5.41) is 13.2. The number of nitrogens with one attached hydrogen (secondary N) is 1. The zero-order valence-electron chi connectivity index (χ0n) is 14.6. The SMILES string of the molecule is O=C(O)C1(Nc2cccc(Cl)c2)CC(Br)C2(C=Cc3c(F)cccc32)CC1F. The molecule has 2 aromatic rings. The van der Waals surface area contributed by atoms with E-state index >= 15 is 4.39 Å². The van der Waals surface area contributed by atoms with Crippen LogP contribution in [0.25, 0.3) is 6.08 Å². The third-order valence-corrected chi connectivity index (χ3v) is 7.16. The van der Waals surface area contributed by atoms with E-state index in [2.05, 4.69) is 21.2 Å². The third kappa shape index (κ3) is 2.85. The molecule has 0 saturated heterocycles. The van der Waals surface area contributed by atoms with E-state index in [1.54, 1.807) is 48.6 Å². The molecular weight excluding hydrogens is 452 g/mol. The average Bonchev–Trinajstić information content (AvgIpc) is 3.00. The molecule has 4 atom stereocenters. The maximum atomic E-state index is 15.6. The van der Waals surface area contributed by atoms with Gasteiger partial charge in [0.05, 0.1) is 0 Å². The number of fused-ring (bicyclic) bond motifs is 2. The number of halogens is 4. The molecule has 0 aliphatic heterocycles. The number of aliphatic carboxylic acids is 1. The summed E-state index contributed by atoms with van der Waals surface area (Å²) < 4.78 is 29.8. The van der Waals surface area contributed by atoms with Crippen molar-refractivity contribution in [3.05, 3.63) is 70.5 Å². The zero-order chi connectivity index (χ0) is 20.1. The Bertz CT molecular complexity index is 985. The molecule has 0 heterocycles. The van der Waals surface area contributed by atoms with Crippen LogP contribution in [0.1, 0.15) is 24.0 Å². The molecule has 28 heavy (non-hydrogen) atoms. The van der Waals surface area contributed by atoms with Crippen molar-refractivity contribution in [2.75, 3.05) is 5.32 Å². The van der Waals surface area contributed by atoms with Crippen LogP contribution in [-0.4, -0.2) is 27.6 Å². The van der Waals surface area contributed by atoms with Crippen molar-refractivity contribution in [2.45, 2.75) is 34.8 Å². The Hall–Kier alpha value is -1.92. The monoisotopic (exact) mass is 467 g/mol. The highest BCUT2D eigenvalue weighted by atomic mass is 79.9. The molecule has 2 aliphatic carbocycles. The number of carbonyl (C=O) groups is 1. The second kappa shape index (κ2) is 6.85. The fraction of sp³-hybridized carbons (Fsp3) is 0.286. The minimum atomic E-state index is -1.83. The lowest BCUT2D eigenvalue weighted by molar-refractivity contribution is -0.146. The first-order valence-electron chi connectivity index (χ1n) is 8.82. The van der Waals surface area contributed by atoms with Crippen LogP contribution in [0.4, 0.5) is 14.5 Å². The fourth-order valence-electron chi connectivity index (χ4n) is 4.30. The van der Waals surface area contributed by atoms with Gasteiger partial charge in [-0.3, -0.25) is 0 Å². The number of benzene rings is 2. The number of rotatable bonds is 3. The van der Waals surface area contributed by atoms with Crippen LogP contribution < -0.4 is 5.32 Å². The van der Waals surface area contributed by atoms with Crippen LogP contribution >= 0.6 is 27.5 Å². The number of carboxylic acids is 1. The molecular formula is C21H17BrClF2NO2. The molecule has 146 valence electrons. The van der Waals surface area contributed by atoms with E-state index in [1.165, 1.54) is 6.07 Å². The minimum Gasteiger partial charge on any atom is -0.479 e. The highest BCUT2D eigenvalue weighted by Crippen LogP contribution is 2.53. The summed E-state index contributed by atoms with van der Waals surface area (Å²) in [5.41, 5.74) is -1.08. The molecule has 2 N–H and O–H groups in total. The average molecular weight is 469 g/mol. The molecule has 0 radical (unpaired) electrons. The van der Waals surface area contributed by atoms with Crippen LogP contribution in [0.3, 0.4) is 0 Å². The predicted octanol–water partition coefficient (Wildman–Crippen LogP) is 5.57. The largest absolute Gasteiger partial charge is 0.479 e. The number of alkyl halides is 2. The molecule has 0 aromatic heterocycles. The lowest BCUT2D eigenvalue weighted by atomic mass is 9.64. The molecule has 7 heteroatoms. The summed E-state index contributed by atoms with van der Waals surface area (Å²) in [5.74, 6) is -1.64. The Kier molecular flexibility index (Phi) is 4.74. The van der Waals surface area contributed by atoms with Gasteiger partial charge in [0, 0.05) is 26.5 Å². The smallest absolute Gasteiger partial charge is 0.332 e. The van der Waals surface area contributed by atoms with E-state index in [0.717, 1.165) is 0 Å². The molecule has 0 amide bonds. The van der Waals surface area contributed by atoms with E-state index < -0.39 is 27.9 Å². The Balaban J connectivity index is 1.73. The van der Waals surface area contributed by atoms with Crippen LogP contribution in [0.15, 0.2) is 48.5 Å². The van der Waals surface area contributed by atoms with Crippen molar-refractivity contribution in [1.29, 1.82) is 0 Å². The number of hydrogen-bond acceptors (Lipinski definition) is 2. The Morgan fingerprint density at radius 2 is 2.00 bits per heavy atom. The van der Waals surface area contributed by atoms with E-state index in [-0.39, 0.29) is 18.7 Å². The summed E-state index contributed by atoms with van der Waals surface area (Å²) in [6.45, 7) is 0. The molecule has 2 aromatic carbocycles. The van der Waals surface area contributed by atoms with E-state index in [9.17, 15) is 14.3 Å². The van der Waals surface area contributed by atoms with Crippen molar-refractivity contribution >= 4 is 45.3 Å². The summed E-state index contributed by atoms with van der Waals surface area (Å²) in [6.07, 6.45) is 1.62. The van der Waals surface area contributed by atoms with Crippen LogP contribution in [0, 0.1) is 5.82 Å². The summed E-state index contributed by atoms with van der Waals surface area (Å²) in [4.78, 5) is 11.8. The highest BCUT2D eigenvalue weighted by Gasteiger charge is 2.59. The van der Waals surface area contributed by atoms with E-state index in [0.29, 0.717) is 21.8 Å². The van der Waals surface area contributed by atoms with Crippen LogP contribution in [0.5, 0.6) is 0 Å². The predicted molar refractivity (Wildman–Crippen MR) is 109 cm³/mol. The molecule has 4 unspecified atom stereocenters. The standard InChI is InChI=1S/C21H17BrClF2NO2/c22-17-10-21(19(27)28,26-13-4-1-3-12(23)9-13)18(25)11-20(17)8-7-14-15(20)5-2-6-16(14)24/h1-9,17-18,26H,10-11H2,(H,27,28). The van der Waals surface area contributed by atoms with Crippen LogP contribution in [0.2, 0.25) is 5.02 Å². The van der Waals surface area contributed by atoms with Crippen molar-refractivity contribution in [3.63, 3.8) is 0 Å². The van der Waals surface area contributed by atoms with Gasteiger partial charge in [-0.05, 0) is 42.7 Å². The van der Waals surface area contributed by atoms with Gasteiger partial charge in [-0.25, -0.2) is 13.6 Å². The molecule has 0 bridgehead atoms. The molecule has 3 nitrogen and oxygen atoms in total. The fourth-order valence-corrected chi connectivity index (χ4v) is 5.59. The van der Waals surface area contributed by atoms with Crippen LogP contribution in [-0.2, 0) is 10.2 Å². The van der Waals surface area contributed by atoms with Gasteiger partial charge in [0.25, 0.3) is 0 Å². The summed E-state index contributed by atoms with van der Waals surface area (Å²) in [6, 6.07) is 11.3. The van der Waals surface area contributed by atoms with Gasteiger partial charge >= 0.3 is 5.97 Å². The Morgan fingerprint density at radius 1 is 1.25 bits per heavy atom.